The van der Waals surface area contributed by atoms with Gasteiger partial charge in [0.1, 0.15) is 0 Å². The topological polar surface area (TPSA) is 18.5 Å². The molecule has 0 aromatic carbocycles. The van der Waals surface area contributed by atoms with Crippen molar-refractivity contribution in [3.05, 3.63) is 6.29 Å². The van der Waals surface area contributed by atoms with Crippen LogP contribution >= 0.6 is 12.3 Å². The molecule has 1 unspecified atom stereocenters. The van der Waals surface area contributed by atoms with Crippen LogP contribution in [0, 0.1) is 12.2 Å². The van der Waals surface area contributed by atoms with Gasteiger partial charge >= 0.3 is 0 Å². The molecule has 3 heteroatoms. The van der Waals surface area contributed by atoms with E-state index in [0.29, 0.717) is 5.92 Å². The Morgan fingerprint density at radius 1 is 1.62 bits per heavy atom. The van der Waals surface area contributed by atoms with Crippen LogP contribution in [0.3, 0.4) is 0 Å². The van der Waals surface area contributed by atoms with Crippen LogP contribution in [-0.2, 0) is 8.37 Å². The van der Waals surface area contributed by atoms with Crippen LogP contribution in [0.5, 0.6) is 0 Å². The molecule has 0 amide bonds. The molecule has 0 bridgehead atoms. The Kier molecular flexibility index (Phi) is 2.16. The average Bonchev–Trinajstić information content (AvgIpc) is 1.62. The van der Waals surface area contributed by atoms with Gasteiger partial charge in [-0.2, -0.15) is 0 Å². The van der Waals surface area contributed by atoms with E-state index in [0.717, 1.165) is 25.0 Å². The van der Waals surface area contributed by atoms with Gasteiger partial charge in [0.25, 0.3) is 6.29 Å². The van der Waals surface area contributed by atoms with Gasteiger partial charge in [-0.3, -0.25) is 0 Å². The molecule has 0 saturated carbocycles. The van der Waals surface area contributed by atoms with E-state index in [2.05, 4.69) is 13.8 Å². The number of hydrogen-bond donors (Lipinski definition) is 0. The zero-order valence-corrected chi connectivity index (χ0v) is 5.83. The Balaban J connectivity index is 2.13. The van der Waals surface area contributed by atoms with Gasteiger partial charge in [0.2, 0.25) is 0 Å². The highest BCUT2D eigenvalue weighted by molar-refractivity contribution is 7.91. The van der Waals surface area contributed by atoms with Crippen LogP contribution in [0.2, 0.25) is 0 Å². The summed E-state index contributed by atoms with van der Waals surface area (Å²) in [5, 5.41) is 0. The van der Waals surface area contributed by atoms with E-state index < -0.39 is 0 Å². The molecule has 1 atom stereocenters. The zero-order chi connectivity index (χ0) is 5.98. The number of hydrogen-bond acceptors (Lipinski definition) is 3. The highest BCUT2D eigenvalue weighted by Gasteiger charge is 2.28. The SMILES string of the molecule is CCC(C)[C]1OSO1. The molecule has 0 aromatic heterocycles. The van der Waals surface area contributed by atoms with Crippen molar-refractivity contribution in [2.75, 3.05) is 0 Å². The van der Waals surface area contributed by atoms with E-state index in [9.17, 15) is 0 Å². The lowest BCUT2D eigenvalue weighted by Crippen LogP contribution is -2.17. The second kappa shape index (κ2) is 2.71. The first-order valence-corrected chi connectivity index (χ1v) is 3.39. The molecule has 0 spiro atoms. The molecule has 1 aliphatic heterocycles. The minimum Gasteiger partial charge on any atom is -0.249 e. The molecule has 1 rings (SSSR count). The first-order valence-electron chi connectivity index (χ1n) is 2.72. The summed E-state index contributed by atoms with van der Waals surface area (Å²) < 4.78 is 9.79. The van der Waals surface area contributed by atoms with Gasteiger partial charge < -0.3 is 0 Å². The van der Waals surface area contributed by atoms with Crippen LogP contribution in [0.25, 0.3) is 0 Å². The second-order valence-corrected chi connectivity index (χ2v) is 2.33. The standard InChI is InChI=1S/C5H9O2S/c1-3-4(2)5-6-8-7-5/h4H,3H2,1-2H3. The Hall–Kier alpha value is 0.270. The maximum Gasteiger partial charge on any atom is 0.256 e. The van der Waals surface area contributed by atoms with Gasteiger partial charge in [-0.15, -0.1) is 0 Å². The Morgan fingerprint density at radius 3 is 2.38 bits per heavy atom. The second-order valence-electron chi connectivity index (χ2n) is 1.86. The van der Waals surface area contributed by atoms with Crippen molar-refractivity contribution in [3.8, 4) is 0 Å². The van der Waals surface area contributed by atoms with Crippen molar-refractivity contribution in [1.29, 1.82) is 0 Å². The lowest BCUT2D eigenvalue weighted by Gasteiger charge is -2.25. The summed E-state index contributed by atoms with van der Waals surface area (Å²) in [6.45, 7) is 4.18. The predicted octanol–water partition coefficient (Wildman–Crippen LogP) is 2.13. The van der Waals surface area contributed by atoms with Crippen molar-refractivity contribution >= 4 is 12.3 Å². The Labute approximate surface area is 54.0 Å². The maximum atomic E-state index is 4.89. The maximum absolute atomic E-state index is 4.89. The van der Waals surface area contributed by atoms with E-state index in [-0.39, 0.29) is 0 Å². The van der Waals surface area contributed by atoms with E-state index in [1.807, 2.05) is 0 Å². The van der Waals surface area contributed by atoms with Gasteiger partial charge in [-0.25, -0.2) is 8.37 Å². The molecule has 1 heterocycles. The minimum absolute atomic E-state index is 0.455. The fourth-order valence-electron chi connectivity index (χ4n) is 0.404. The van der Waals surface area contributed by atoms with Gasteiger partial charge in [0.15, 0.2) is 12.3 Å². The summed E-state index contributed by atoms with van der Waals surface area (Å²) in [6, 6.07) is 0. The van der Waals surface area contributed by atoms with Crippen LogP contribution < -0.4 is 0 Å². The lowest BCUT2D eigenvalue weighted by molar-refractivity contribution is 0.0358. The lowest BCUT2D eigenvalue weighted by atomic mass is 10.1. The van der Waals surface area contributed by atoms with E-state index in [1.54, 1.807) is 0 Å². The summed E-state index contributed by atoms with van der Waals surface area (Å²) in [5.74, 6) is 0.455. The fourth-order valence-corrected chi connectivity index (χ4v) is 0.879. The van der Waals surface area contributed by atoms with Gasteiger partial charge in [-0.1, -0.05) is 13.8 Å². The Morgan fingerprint density at radius 2 is 2.25 bits per heavy atom. The first kappa shape index (κ1) is 6.39. The zero-order valence-electron chi connectivity index (χ0n) is 5.01. The molecule has 1 saturated heterocycles. The molecule has 1 radical (unpaired) electrons. The largest absolute Gasteiger partial charge is 0.256 e. The third-order valence-corrected chi connectivity index (χ3v) is 1.71. The molecular formula is C5H9O2S. The third kappa shape index (κ3) is 1.16. The highest BCUT2D eigenvalue weighted by Crippen LogP contribution is 2.38. The normalized spacial score (nSPS) is 24.8. The van der Waals surface area contributed by atoms with Crippen molar-refractivity contribution < 1.29 is 8.37 Å². The summed E-state index contributed by atoms with van der Waals surface area (Å²) in [7, 11) is 0. The van der Waals surface area contributed by atoms with E-state index in [4.69, 9.17) is 8.37 Å². The Bertz CT molecular complexity index is 70.1. The predicted molar refractivity (Wildman–Crippen MR) is 32.5 cm³/mol. The minimum atomic E-state index is 0.455. The summed E-state index contributed by atoms with van der Waals surface area (Å²) in [6.07, 6.45) is 1.85. The van der Waals surface area contributed by atoms with Gasteiger partial charge in [0, 0.05) is 5.92 Å². The monoisotopic (exact) mass is 133 g/mol. The summed E-state index contributed by atoms with van der Waals surface area (Å²) >= 11 is 1.05. The molecule has 1 fully saturated rings. The van der Waals surface area contributed by atoms with Crippen LogP contribution in [0.15, 0.2) is 0 Å². The molecule has 47 valence electrons. The molecule has 0 aromatic rings. The van der Waals surface area contributed by atoms with Crippen molar-refractivity contribution in [2.45, 2.75) is 20.3 Å². The van der Waals surface area contributed by atoms with Crippen LogP contribution in [-0.4, -0.2) is 0 Å². The van der Waals surface area contributed by atoms with Crippen molar-refractivity contribution in [3.63, 3.8) is 0 Å². The average molecular weight is 133 g/mol. The third-order valence-electron chi connectivity index (χ3n) is 1.25. The smallest absolute Gasteiger partial charge is 0.249 e. The molecule has 2 nitrogen and oxygen atoms in total. The van der Waals surface area contributed by atoms with Crippen LogP contribution in [0.4, 0.5) is 0 Å². The summed E-state index contributed by atoms with van der Waals surface area (Å²) in [5.41, 5.74) is 0. The molecular weight excluding hydrogens is 124 g/mol. The van der Waals surface area contributed by atoms with E-state index >= 15 is 0 Å². The molecule has 1 aliphatic rings. The van der Waals surface area contributed by atoms with E-state index in [1.165, 1.54) is 0 Å². The quantitative estimate of drug-likeness (QED) is 0.537. The molecule has 0 N–H and O–H groups in total. The van der Waals surface area contributed by atoms with Gasteiger partial charge in [-0.05, 0) is 6.42 Å². The number of rotatable bonds is 2. The van der Waals surface area contributed by atoms with Crippen LogP contribution in [0.1, 0.15) is 20.3 Å². The highest BCUT2D eigenvalue weighted by atomic mass is 32.2. The van der Waals surface area contributed by atoms with Crippen molar-refractivity contribution in [1.82, 2.24) is 0 Å². The molecule has 8 heavy (non-hydrogen) atoms. The first-order chi connectivity index (χ1) is 3.84. The summed E-state index contributed by atoms with van der Waals surface area (Å²) in [4.78, 5) is 0. The fraction of sp³-hybridized carbons (Fsp3) is 0.800. The van der Waals surface area contributed by atoms with Crippen molar-refractivity contribution in [2.24, 2.45) is 5.92 Å². The van der Waals surface area contributed by atoms with Gasteiger partial charge in [0.05, 0.1) is 0 Å². The molecule has 0 aliphatic carbocycles.